The number of piperidine rings is 1. The molecule has 1 fully saturated rings. The number of carbonyl (C=O) groups is 1. The molecule has 0 bridgehead atoms. The molecular weight excluding hydrogens is 378 g/mol. The van der Waals surface area contributed by atoms with Crippen molar-refractivity contribution >= 4 is 16.7 Å². The summed E-state index contributed by atoms with van der Waals surface area (Å²) >= 11 is 0. The first-order valence-corrected chi connectivity index (χ1v) is 9.95. The first kappa shape index (κ1) is 15.4. The largest absolute Gasteiger partial charge is 0.317 e. The van der Waals surface area contributed by atoms with Crippen molar-refractivity contribution in [1.29, 1.82) is 0 Å². The number of rotatable bonds is 5. The third-order valence-corrected chi connectivity index (χ3v) is 5.49. The Hall–Kier alpha value is -3.39. The molecule has 1 saturated heterocycles. The van der Waals surface area contributed by atoms with Crippen LogP contribution in [0.1, 0.15) is 39.0 Å². The number of aromatic nitrogens is 6. The number of ketones is 1. The van der Waals surface area contributed by atoms with Gasteiger partial charge in [0.05, 0.1) is 42.1 Å². The summed E-state index contributed by atoms with van der Waals surface area (Å²) in [5, 5.41) is 12.5. The average molecular weight is 404 g/mol. The number of carbonyl (C=O) groups excluding carboxylic acids is 1. The second kappa shape index (κ2) is 7.79. The van der Waals surface area contributed by atoms with Crippen LogP contribution in [0.5, 0.6) is 0 Å². The van der Waals surface area contributed by atoms with E-state index >= 15 is 0 Å². The van der Waals surface area contributed by atoms with E-state index in [1.54, 1.807) is 18.6 Å². The van der Waals surface area contributed by atoms with Gasteiger partial charge in [0.1, 0.15) is 0 Å². The quantitative estimate of drug-likeness (QED) is 0.514. The maximum atomic E-state index is 12.8. The highest BCUT2D eigenvalue weighted by molar-refractivity contribution is 5.97. The maximum Gasteiger partial charge on any atom is 0.171 e. The van der Waals surface area contributed by atoms with Crippen LogP contribution in [-0.4, -0.2) is 48.4 Å². The normalized spacial score (nSPS) is 16.9. The van der Waals surface area contributed by atoms with E-state index in [9.17, 15) is 4.79 Å². The molecule has 0 aliphatic carbocycles. The number of hydrogen-bond acceptors (Lipinski definition) is 6. The lowest BCUT2D eigenvalue weighted by Crippen LogP contribution is -2.29. The number of nitrogens with zero attached hydrogens (tertiary/aromatic N) is 6. The summed E-state index contributed by atoms with van der Waals surface area (Å²) in [4.78, 5) is 21.7. The molecule has 4 aromatic heterocycles. The Morgan fingerprint density at radius 2 is 2.00 bits per heavy atom. The fourth-order valence-electron chi connectivity index (χ4n) is 3.82. The Kier molecular flexibility index (Phi) is 4.01. The van der Waals surface area contributed by atoms with Gasteiger partial charge in [-0.05, 0) is 38.1 Å². The van der Waals surface area contributed by atoms with Crippen LogP contribution in [0.15, 0.2) is 49.3 Å². The van der Waals surface area contributed by atoms with Crippen LogP contribution in [0.4, 0.5) is 0 Å². The van der Waals surface area contributed by atoms with Gasteiger partial charge in [0, 0.05) is 51.9 Å². The lowest BCUT2D eigenvalue weighted by Gasteiger charge is -2.22. The Bertz CT molecular complexity index is 1300. The number of aryl methyl sites for hydroxylation is 1. The van der Waals surface area contributed by atoms with Crippen molar-refractivity contribution in [3.63, 3.8) is 0 Å². The molecule has 5 rings (SSSR count). The molecule has 0 radical (unpaired) electrons. The number of hydrogen-bond donors (Lipinski definition) is 1. The van der Waals surface area contributed by atoms with E-state index in [-0.39, 0.29) is 12.2 Å². The molecule has 1 aliphatic rings. The lowest BCUT2D eigenvalue weighted by molar-refractivity contribution is 0.0992. The molecule has 0 aromatic carbocycles. The fourth-order valence-corrected chi connectivity index (χ4v) is 3.82. The lowest BCUT2D eigenvalue weighted by atomic mass is 10.1. The van der Waals surface area contributed by atoms with Crippen molar-refractivity contribution in [3.8, 4) is 11.1 Å². The molecule has 0 atom stereocenters. The predicted molar refractivity (Wildman–Crippen MR) is 113 cm³/mol. The first-order valence-electron chi connectivity index (χ1n) is 11.4. The molecule has 5 heterocycles. The molecule has 1 N–H and O–H groups in total. The van der Waals surface area contributed by atoms with Gasteiger partial charge in [0.15, 0.2) is 5.78 Å². The summed E-state index contributed by atoms with van der Waals surface area (Å²) in [6.45, 7) is -0.411. The minimum absolute atomic E-state index is 0.0369. The van der Waals surface area contributed by atoms with Crippen molar-refractivity contribution in [2.24, 2.45) is 6.98 Å². The zero-order valence-corrected chi connectivity index (χ0v) is 16.3. The summed E-state index contributed by atoms with van der Waals surface area (Å²) < 4.78 is 25.3. The van der Waals surface area contributed by atoms with E-state index < -0.39 is 6.98 Å². The van der Waals surface area contributed by atoms with E-state index in [1.807, 2.05) is 23.0 Å². The van der Waals surface area contributed by atoms with Gasteiger partial charge in [-0.2, -0.15) is 10.2 Å². The molecule has 0 amide bonds. The van der Waals surface area contributed by atoms with Gasteiger partial charge < -0.3 is 5.32 Å². The highest BCUT2D eigenvalue weighted by atomic mass is 16.1. The average Bonchev–Trinajstić information content (AvgIpc) is 3.49. The Morgan fingerprint density at radius 3 is 2.83 bits per heavy atom. The third-order valence-electron chi connectivity index (χ3n) is 5.49. The summed E-state index contributed by atoms with van der Waals surface area (Å²) in [7, 11) is 0. The number of Topliss-reactive ketones (excluding diaryl/α,β-unsaturated/α-hetero) is 1. The summed E-state index contributed by atoms with van der Waals surface area (Å²) in [5.41, 5.74) is 3.31. The molecule has 0 unspecified atom stereocenters. The van der Waals surface area contributed by atoms with E-state index in [0.717, 1.165) is 41.6 Å². The minimum atomic E-state index is -2.33. The van der Waals surface area contributed by atoms with Crippen molar-refractivity contribution in [2.45, 2.75) is 25.3 Å². The van der Waals surface area contributed by atoms with E-state index in [2.05, 4.69) is 25.5 Å². The van der Waals surface area contributed by atoms with Crippen molar-refractivity contribution in [1.82, 2.24) is 34.8 Å². The number of fused-ring (bicyclic) bond motifs is 1. The van der Waals surface area contributed by atoms with Gasteiger partial charge in [-0.1, -0.05) is 0 Å². The molecule has 152 valence electrons. The molecule has 8 heteroatoms. The molecule has 8 nitrogen and oxygen atoms in total. The summed E-state index contributed by atoms with van der Waals surface area (Å²) in [6.07, 6.45) is 11.9. The fraction of sp³-hybridized carbons (Fsp3) is 0.318. The van der Waals surface area contributed by atoms with Gasteiger partial charge in [0.2, 0.25) is 0 Å². The van der Waals surface area contributed by atoms with E-state index in [4.69, 9.17) is 4.11 Å². The second-order valence-electron chi connectivity index (χ2n) is 7.56. The van der Waals surface area contributed by atoms with E-state index in [1.165, 1.54) is 12.4 Å². The second-order valence-corrected chi connectivity index (χ2v) is 7.56. The molecule has 4 aromatic rings. The van der Waals surface area contributed by atoms with Crippen molar-refractivity contribution in [3.05, 3.63) is 60.6 Å². The van der Waals surface area contributed by atoms with Crippen LogP contribution in [-0.2, 0) is 13.4 Å². The standard InChI is InChI=1S/C22H23N7O/c1-28-13-17(10-26-28)16-6-15-7-19(24-12-21(15)25-9-16)8-22(30)18-11-27-29(14-18)20-2-4-23-5-3-20/h6-7,9-14,20,23H,2-5,8H2,1H3/i1D3. The van der Waals surface area contributed by atoms with Gasteiger partial charge in [-0.15, -0.1) is 0 Å². The van der Waals surface area contributed by atoms with Crippen LogP contribution in [0.25, 0.3) is 22.0 Å². The van der Waals surface area contributed by atoms with Crippen LogP contribution < -0.4 is 5.32 Å². The molecule has 0 spiro atoms. The minimum Gasteiger partial charge on any atom is -0.317 e. The number of nitrogens with one attached hydrogen (secondary N) is 1. The molecular formula is C22H23N7O. The van der Waals surface area contributed by atoms with Crippen molar-refractivity contribution < 1.29 is 8.91 Å². The Balaban J connectivity index is 1.35. The monoisotopic (exact) mass is 404 g/mol. The highest BCUT2D eigenvalue weighted by Gasteiger charge is 2.18. The molecule has 0 saturated carbocycles. The van der Waals surface area contributed by atoms with E-state index in [0.29, 0.717) is 28.4 Å². The summed E-state index contributed by atoms with van der Waals surface area (Å²) in [5.74, 6) is -0.0369. The molecule has 1 aliphatic heterocycles. The zero-order valence-electron chi connectivity index (χ0n) is 19.3. The van der Waals surface area contributed by atoms with Gasteiger partial charge in [0.25, 0.3) is 0 Å². The first-order chi connectivity index (χ1) is 15.9. The van der Waals surface area contributed by atoms with Crippen LogP contribution in [0, 0.1) is 0 Å². The molecule has 30 heavy (non-hydrogen) atoms. The van der Waals surface area contributed by atoms with Gasteiger partial charge in [-0.3, -0.25) is 24.1 Å². The van der Waals surface area contributed by atoms with Crippen LogP contribution in [0.3, 0.4) is 0 Å². The maximum absolute atomic E-state index is 12.8. The third kappa shape index (κ3) is 3.73. The summed E-state index contributed by atoms with van der Waals surface area (Å²) in [6, 6.07) is 4.06. The van der Waals surface area contributed by atoms with Gasteiger partial charge in [-0.25, -0.2) is 0 Å². The Morgan fingerprint density at radius 1 is 1.10 bits per heavy atom. The van der Waals surface area contributed by atoms with Crippen LogP contribution in [0.2, 0.25) is 0 Å². The smallest absolute Gasteiger partial charge is 0.171 e. The topological polar surface area (TPSA) is 90.5 Å². The highest BCUT2D eigenvalue weighted by Crippen LogP contribution is 2.23. The SMILES string of the molecule is [2H]C([2H])([2H])n1cc(-c2cnc3cnc(CC(=O)c4cnn(C5CCNCC5)c4)cc3c2)cn1. The van der Waals surface area contributed by atoms with Crippen LogP contribution >= 0.6 is 0 Å². The number of pyridine rings is 2. The zero-order chi connectivity index (χ0) is 23.0. The van der Waals surface area contributed by atoms with Gasteiger partial charge >= 0.3 is 0 Å². The Labute approximate surface area is 178 Å². The predicted octanol–water partition coefficient (Wildman–Crippen LogP) is 2.58. The van der Waals surface area contributed by atoms with Crippen molar-refractivity contribution in [2.75, 3.05) is 13.1 Å².